The number of nitrogens with zero attached hydrogens (tertiary/aromatic N) is 1. The van der Waals surface area contributed by atoms with Crippen molar-refractivity contribution in [1.29, 1.82) is 0 Å². The van der Waals surface area contributed by atoms with Crippen LogP contribution >= 0.6 is 11.8 Å². The number of halogens is 1. The van der Waals surface area contributed by atoms with Crippen molar-refractivity contribution in [1.82, 2.24) is 5.32 Å². The molecule has 0 aliphatic rings. The van der Waals surface area contributed by atoms with Crippen LogP contribution in [0.15, 0.2) is 59.8 Å². The van der Waals surface area contributed by atoms with Crippen molar-refractivity contribution >= 4 is 28.9 Å². The molecular formula is C18H20BrN3O4S. The first-order valence-corrected chi connectivity index (χ1v) is 8.77. The highest BCUT2D eigenvalue weighted by Gasteiger charge is 2.18. The van der Waals surface area contributed by atoms with Crippen molar-refractivity contribution in [2.24, 2.45) is 5.73 Å². The summed E-state index contributed by atoms with van der Waals surface area (Å²) in [6, 6.07) is 11.5. The highest BCUT2D eigenvalue weighted by atomic mass is 79.9. The van der Waals surface area contributed by atoms with Gasteiger partial charge in [-0.25, -0.2) is 9.36 Å². The number of primary amides is 1. The van der Waals surface area contributed by atoms with Gasteiger partial charge < -0.3 is 32.8 Å². The molecule has 0 aliphatic carbocycles. The Morgan fingerprint density at radius 3 is 2.48 bits per heavy atom. The van der Waals surface area contributed by atoms with Crippen LogP contribution in [0.1, 0.15) is 17.3 Å². The molecule has 1 aromatic heterocycles. The maximum atomic E-state index is 12.3. The van der Waals surface area contributed by atoms with Crippen LogP contribution in [0.3, 0.4) is 0 Å². The molecular weight excluding hydrogens is 434 g/mol. The zero-order valence-electron chi connectivity index (χ0n) is 14.6. The molecule has 1 aromatic carbocycles. The minimum Gasteiger partial charge on any atom is -1.00 e. The predicted octanol–water partition coefficient (Wildman–Crippen LogP) is -1.49. The number of thioether (sulfide) groups is 1. The Bertz CT molecular complexity index is 789. The second kappa shape index (κ2) is 11.3. The van der Waals surface area contributed by atoms with E-state index in [4.69, 9.17) is 10.5 Å². The molecule has 9 heteroatoms. The minimum absolute atomic E-state index is 0. The van der Waals surface area contributed by atoms with E-state index in [1.54, 1.807) is 24.3 Å². The van der Waals surface area contributed by atoms with Gasteiger partial charge in [-0.1, -0.05) is 18.2 Å². The number of nitrogens with one attached hydrogen (secondary N) is 1. The van der Waals surface area contributed by atoms with Gasteiger partial charge in [0.05, 0.1) is 5.56 Å². The molecule has 3 N–H and O–H groups in total. The summed E-state index contributed by atoms with van der Waals surface area (Å²) in [7, 11) is 0. The third kappa shape index (κ3) is 7.40. The summed E-state index contributed by atoms with van der Waals surface area (Å²) in [5, 5.41) is 1.98. The summed E-state index contributed by atoms with van der Waals surface area (Å²) in [4.78, 5) is 35.8. The summed E-state index contributed by atoms with van der Waals surface area (Å²) < 4.78 is 7.09. The molecule has 144 valence electrons. The van der Waals surface area contributed by atoms with Gasteiger partial charge >= 0.3 is 5.30 Å². The quantitative estimate of drug-likeness (QED) is 0.302. The van der Waals surface area contributed by atoms with Crippen molar-refractivity contribution < 1.29 is 40.7 Å². The van der Waals surface area contributed by atoms with Crippen molar-refractivity contribution in [2.75, 3.05) is 6.61 Å². The smallest absolute Gasteiger partial charge is 0.372 e. The average molecular weight is 454 g/mol. The molecule has 7 nitrogen and oxygen atoms in total. The van der Waals surface area contributed by atoms with Crippen molar-refractivity contribution in [3.8, 4) is 0 Å². The fourth-order valence-electron chi connectivity index (χ4n) is 2.03. The van der Waals surface area contributed by atoms with Gasteiger partial charge in [0.15, 0.2) is 25.5 Å². The summed E-state index contributed by atoms with van der Waals surface area (Å²) in [5.74, 6) is -1.12. The van der Waals surface area contributed by atoms with Crippen LogP contribution in [0.5, 0.6) is 0 Å². The van der Waals surface area contributed by atoms with E-state index in [0.29, 0.717) is 11.4 Å². The second-order valence-electron chi connectivity index (χ2n) is 5.41. The van der Waals surface area contributed by atoms with Gasteiger partial charge in [0, 0.05) is 17.0 Å². The van der Waals surface area contributed by atoms with Gasteiger partial charge in [0.2, 0.25) is 5.91 Å². The first-order valence-electron chi connectivity index (χ1n) is 7.95. The van der Waals surface area contributed by atoms with E-state index in [1.165, 1.54) is 6.92 Å². The average Bonchev–Trinajstić information content (AvgIpc) is 2.62. The molecule has 1 heterocycles. The lowest BCUT2D eigenvalue weighted by Crippen LogP contribution is -3.00. The third-order valence-electron chi connectivity index (χ3n) is 3.45. The zero-order chi connectivity index (χ0) is 18.9. The largest absolute Gasteiger partial charge is 1.00 e. The molecule has 0 aliphatic heterocycles. The lowest BCUT2D eigenvalue weighted by Gasteiger charge is -2.12. The van der Waals surface area contributed by atoms with Crippen molar-refractivity contribution in [2.45, 2.75) is 24.4 Å². The monoisotopic (exact) mass is 453 g/mol. The number of benzene rings is 1. The van der Waals surface area contributed by atoms with Crippen LogP contribution in [0.4, 0.5) is 4.79 Å². The van der Waals surface area contributed by atoms with Gasteiger partial charge in [-0.2, -0.15) is 0 Å². The van der Waals surface area contributed by atoms with Crippen LogP contribution in [0.25, 0.3) is 0 Å². The third-order valence-corrected chi connectivity index (χ3v) is 4.31. The molecule has 0 unspecified atom stereocenters. The molecule has 2 amide bonds. The number of hydrogen-bond donors (Lipinski definition) is 2. The molecule has 2 rings (SSSR count). The van der Waals surface area contributed by atoms with Crippen LogP contribution in [-0.2, 0) is 16.1 Å². The van der Waals surface area contributed by atoms with Crippen LogP contribution in [-0.4, -0.2) is 29.8 Å². The highest BCUT2D eigenvalue weighted by Crippen LogP contribution is 2.24. The Morgan fingerprint density at radius 1 is 1.15 bits per heavy atom. The number of ether oxygens (including phenoxy) is 1. The molecule has 0 radical (unpaired) electrons. The van der Waals surface area contributed by atoms with Crippen molar-refractivity contribution in [3.05, 3.63) is 60.4 Å². The predicted molar refractivity (Wildman–Crippen MR) is 96.4 cm³/mol. The van der Waals surface area contributed by atoms with E-state index < -0.39 is 23.2 Å². The number of pyridine rings is 1. The Hall–Kier alpha value is -2.39. The van der Waals surface area contributed by atoms with Gasteiger partial charge in [-0.3, -0.25) is 9.59 Å². The number of carbonyl (C=O) groups excluding carboxylic acids is 3. The van der Waals surface area contributed by atoms with E-state index in [-0.39, 0.29) is 29.2 Å². The first kappa shape index (κ1) is 22.7. The van der Waals surface area contributed by atoms with Gasteiger partial charge in [-0.15, -0.1) is 0 Å². The summed E-state index contributed by atoms with van der Waals surface area (Å²) in [6.07, 6.45) is 3.75. The summed E-state index contributed by atoms with van der Waals surface area (Å²) >= 11 is 0.822. The lowest BCUT2D eigenvalue weighted by atomic mass is 10.2. The second-order valence-corrected chi connectivity index (χ2v) is 6.38. The SMILES string of the molecule is C[C@@H](NC(=O)c1ccccc1SC(=O)OCC[n+]1ccccc1)C(N)=O.[Br-]. The maximum absolute atomic E-state index is 12.3. The summed E-state index contributed by atoms with van der Waals surface area (Å²) in [5.41, 5.74) is 5.43. The zero-order valence-corrected chi connectivity index (χ0v) is 17.0. The van der Waals surface area contributed by atoms with E-state index >= 15 is 0 Å². The number of amides is 2. The van der Waals surface area contributed by atoms with Crippen LogP contribution < -0.4 is 32.6 Å². The van der Waals surface area contributed by atoms with Crippen LogP contribution in [0.2, 0.25) is 0 Å². The molecule has 27 heavy (non-hydrogen) atoms. The number of carbonyl (C=O) groups is 3. The standard InChI is InChI=1S/C18H19N3O4S.BrH/c1-13(16(19)22)20-17(23)14-7-3-4-8-15(14)26-18(24)25-12-11-21-9-5-2-6-10-21;/h2-10,13H,11-12H2,1H3,(H2-,19,20,22,23);1H/t13-;/m1./s1. The molecule has 2 aromatic rings. The molecule has 0 bridgehead atoms. The fourth-order valence-corrected chi connectivity index (χ4v) is 2.76. The Labute approximate surface area is 172 Å². The van der Waals surface area contributed by atoms with Crippen molar-refractivity contribution in [3.63, 3.8) is 0 Å². The number of rotatable bonds is 7. The molecule has 0 fully saturated rings. The van der Waals surface area contributed by atoms with Gasteiger partial charge in [0.25, 0.3) is 5.91 Å². The number of aromatic nitrogens is 1. The normalized spacial score (nSPS) is 11.0. The van der Waals surface area contributed by atoms with E-state index in [0.717, 1.165) is 11.8 Å². The Balaban J connectivity index is 0.00000364. The number of nitrogens with two attached hydrogens (primary N) is 1. The van der Waals surface area contributed by atoms with Crippen LogP contribution in [0, 0.1) is 0 Å². The summed E-state index contributed by atoms with van der Waals surface area (Å²) in [6.45, 7) is 2.24. The highest BCUT2D eigenvalue weighted by molar-refractivity contribution is 8.13. The Morgan fingerprint density at radius 2 is 1.81 bits per heavy atom. The molecule has 0 saturated heterocycles. The van der Waals surface area contributed by atoms with Gasteiger partial charge in [0.1, 0.15) is 6.04 Å². The molecule has 1 atom stereocenters. The fraction of sp³-hybridized carbons (Fsp3) is 0.222. The van der Waals surface area contributed by atoms with E-state index in [2.05, 4.69) is 5.32 Å². The number of hydrogen-bond acceptors (Lipinski definition) is 5. The first-order chi connectivity index (χ1) is 12.5. The topological polar surface area (TPSA) is 102 Å². The van der Waals surface area contributed by atoms with Gasteiger partial charge in [-0.05, 0) is 30.8 Å². The molecule has 0 saturated carbocycles. The van der Waals surface area contributed by atoms with E-state index in [1.807, 2.05) is 35.2 Å². The maximum Gasteiger partial charge on any atom is 0.372 e. The lowest BCUT2D eigenvalue weighted by molar-refractivity contribution is -0.697. The Kier molecular flexibility index (Phi) is 9.52. The van der Waals surface area contributed by atoms with E-state index in [9.17, 15) is 14.4 Å². The minimum atomic E-state index is -0.810. The molecule has 0 spiro atoms.